The summed E-state index contributed by atoms with van der Waals surface area (Å²) in [7, 11) is 0. The van der Waals surface area contributed by atoms with Gasteiger partial charge in [0.2, 0.25) is 11.8 Å². The van der Waals surface area contributed by atoms with Gasteiger partial charge in [-0.3, -0.25) is 14.4 Å². The van der Waals surface area contributed by atoms with Crippen LogP contribution in [0.1, 0.15) is 26.2 Å². The van der Waals surface area contributed by atoms with Crippen molar-refractivity contribution in [2.24, 2.45) is 23.7 Å². The molecule has 4 atom stereocenters. The second kappa shape index (κ2) is 7.09. The molecule has 25 heavy (non-hydrogen) atoms. The van der Waals surface area contributed by atoms with Crippen LogP contribution in [-0.4, -0.2) is 22.9 Å². The molecule has 132 valence electrons. The first-order valence-electron chi connectivity index (χ1n) is 8.61. The molecule has 6 nitrogen and oxygen atoms in total. The lowest BCUT2D eigenvalue weighted by molar-refractivity contribution is -0.146. The molecule has 3 N–H and O–H groups in total. The summed E-state index contributed by atoms with van der Waals surface area (Å²) < 4.78 is 0. The summed E-state index contributed by atoms with van der Waals surface area (Å²) in [5.74, 6) is -2.56. The molecule has 0 radical (unpaired) electrons. The lowest BCUT2D eigenvalue weighted by Gasteiger charge is -2.24. The number of hydrogen-bond acceptors (Lipinski definition) is 3. The molecule has 2 bridgehead atoms. The fourth-order valence-corrected chi connectivity index (χ4v) is 3.87. The predicted molar refractivity (Wildman–Crippen MR) is 94.0 cm³/mol. The molecule has 0 spiro atoms. The summed E-state index contributed by atoms with van der Waals surface area (Å²) in [5, 5.41) is 15.0. The largest absolute Gasteiger partial charge is 0.481 e. The minimum atomic E-state index is -0.919. The van der Waals surface area contributed by atoms with E-state index in [1.807, 2.05) is 19.1 Å². The first-order chi connectivity index (χ1) is 12.0. The summed E-state index contributed by atoms with van der Waals surface area (Å²) in [6, 6.07) is 6.91. The molecule has 0 unspecified atom stereocenters. The van der Waals surface area contributed by atoms with Crippen molar-refractivity contribution in [3.05, 3.63) is 36.4 Å². The molecule has 2 amide bonds. The van der Waals surface area contributed by atoms with E-state index in [-0.39, 0.29) is 23.7 Å². The van der Waals surface area contributed by atoms with Gasteiger partial charge in [0.05, 0.1) is 11.8 Å². The van der Waals surface area contributed by atoms with Crippen LogP contribution in [0.3, 0.4) is 0 Å². The number of rotatable bonds is 6. The number of carbonyl (C=O) groups excluding carboxylic acids is 2. The molecule has 2 aliphatic rings. The smallest absolute Gasteiger partial charge is 0.307 e. The van der Waals surface area contributed by atoms with E-state index in [9.17, 15) is 19.5 Å². The Bertz CT molecular complexity index is 728. The second-order valence-electron chi connectivity index (χ2n) is 6.71. The Hall–Kier alpha value is -2.63. The van der Waals surface area contributed by atoms with Crippen molar-refractivity contribution in [1.29, 1.82) is 0 Å². The number of amides is 2. The first-order valence-corrected chi connectivity index (χ1v) is 8.61. The van der Waals surface area contributed by atoms with Gasteiger partial charge >= 0.3 is 5.97 Å². The maximum atomic E-state index is 12.7. The average molecular weight is 342 g/mol. The topological polar surface area (TPSA) is 95.5 Å². The third kappa shape index (κ3) is 3.57. The van der Waals surface area contributed by atoms with Gasteiger partial charge in [0.15, 0.2) is 0 Å². The van der Waals surface area contributed by atoms with Crippen LogP contribution in [0.5, 0.6) is 0 Å². The van der Waals surface area contributed by atoms with Gasteiger partial charge in [0.25, 0.3) is 0 Å². The SMILES string of the molecule is CCCC(=O)Nc1cccc(NC(=O)[C@H]2[C@H](C(=O)O)[C@H]3C=C[C@H]2C3)c1. The molecule has 0 heterocycles. The van der Waals surface area contributed by atoms with Crippen LogP contribution in [0.25, 0.3) is 0 Å². The number of carbonyl (C=O) groups is 3. The van der Waals surface area contributed by atoms with E-state index in [2.05, 4.69) is 10.6 Å². The maximum absolute atomic E-state index is 12.7. The number of carboxylic acid groups (broad SMARTS) is 1. The quantitative estimate of drug-likeness (QED) is 0.693. The molecule has 0 saturated heterocycles. The fraction of sp³-hybridized carbons (Fsp3) is 0.421. The van der Waals surface area contributed by atoms with Crippen LogP contribution in [0.2, 0.25) is 0 Å². The van der Waals surface area contributed by atoms with Gasteiger partial charge < -0.3 is 15.7 Å². The maximum Gasteiger partial charge on any atom is 0.307 e. The third-order valence-electron chi connectivity index (χ3n) is 4.94. The Kier molecular flexibility index (Phi) is 4.88. The molecule has 1 aromatic rings. The van der Waals surface area contributed by atoms with E-state index in [0.29, 0.717) is 17.8 Å². The van der Waals surface area contributed by atoms with Crippen molar-refractivity contribution in [1.82, 2.24) is 0 Å². The van der Waals surface area contributed by atoms with E-state index in [0.717, 1.165) is 12.8 Å². The summed E-state index contributed by atoms with van der Waals surface area (Å²) in [4.78, 5) is 35.9. The van der Waals surface area contributed by atoms with Gasteiger partial charge in [-0.05, 0) is 42.9 Å². The predicted octanol–water partition coefficient (Wildman–Crippen LogP) is 2.89. The number of allylic oxidation sites excluding steroid dienone is 2. The molecule has 0 aromatic heterocycles. The molecule has 3 rings (SSSR count). The molecule has 6 heteroatoms. The Balaban J connectivity index is 1.70. The van der Waals surface area contributed by atoms with Gasteiger partial charge in [0, 0.05) is 17.8 Å². The van der Waals surface area contributed by atoms with Crippen molar-refractivity contribution in [2.75, 3.05) is 10.6 Å². The average Bonchev–Trinajstić information content (AvgIpc) is 3.16. The number of anilines is 2. The summed E-state index contributed by atoms with van der Waals surface area (Å²) >= 11 is 0. The molecule has 0 aliphatic heterocycles. The van der Waals surface area contributed by atoms with E-state index in [4.69, 9.17) is 0 Å². The Morgan fingerprint density at radius 2 is 1.72 bits per heavy atom. The van der Waals surface area contributed by atoms with Crippen LogP contribution < -0.4 is 10.6 Å². The van der Waals surface area contributed by atoms with Crippen LogP contribution in [0.15, 0.2) is 36.4 Å². The lowest BCUT2D eigenvalue weighted by Crippen LogP contribution is -2.36. The second-order valence-corrected chi connectivity index (χ2v) is 6.71. The summed E-state index contributed by atoms with van der Waals surface area (Å²) in [5.41, 5.74) is 1.16. The molecule has 1 fully saturated rings. The van der Waals surface area contributed by atoms with E-state index in [1.54, 1.807) is 24.3 Å². The van der Waals surface area contributed by atoms with Crippen molar-refractivity contribution < 1.29 is 19.5 Å². The van der Waals surface area contributed by atoms with E-state index >= 15 is 0 Å². The van der Waals surface area contributed by atoms with Crippen molar-refractivity contribution in [3.63, 3.8) is 0 Å². The van der Waals surface area contributed by atoms with Crippen molar-refractivity contribution >= 4 is 29.2 Å². The van der Waals surface area contributed by atoms with E-state index in [1.165, 1.54) is 0 Å². The molecule has 1 aromatic carbocycles. The van der Waals surface area contributed by atoms with Crippen LogP contribution in [-0.2, 0) is 14.4 Å². The third-order valence-corrected chi connectivity index (χ3v) is 4.94. The number of aliphatic carboxylic acids is 1. The highest BCUT2D eigenvalue weighted by atomic mass is 16.4. The number of fused-ring (bicyclic) bond motifs is 2. The number of hydrogen-bond donors (Lipinski definition) is 3. The monoisotopic (exact) mass is 342 g/mol. The number of benzene rings is 1. The summed E-state index contributed by atoms with van der Waals surface area (Å²) in [6.45, 7) is 1.93. The zero-order valence-electron chi connectivity index (χ0n) is 14.1. The molecule has 2 aliphatic carbocycles. The summed E-state index contributed by atoms with van der Waals surface area (Å²) in [6.07, 6.45) is 5.79. The van der Waals surface area contributed by atoms with E-state index < -0.39 is 17.8 Å². The van der Waals surface area contributed by atoms with Gasteiger partial charge in [0.1, 0.15) is 0 Å². The lowest BCUT2D eigenvalue weighted by atomic mass is 9.82. The zero-order chi connectivity index (χ0) is 18.0. The fourth-order valence-electron chi connectivity index (χ4n) is 3.87. The minimum absolute atomic E-state index is 0.0152. The number of carboxylic acids is 1. The highest BCUT2D eigenvalue weighted by molar-refractivity contribution is 5.97. The normalized spacial score (nSPS) is 26.4. The standard InChI is InChI=1S/C19H22N2O4/c1-2-4-15(22)20-13-5-3-6-14(10-13)21-18(23)16-11-7-8-12(9-11)17(16)19(24)25/h3,5-8,10-12,16-17H,2,4,9H2,1H3,(H,20,22)(H,21,23)(H,24,25)/t11-,12-,16+,17+/m0/s1. The Labute approximate surface area is 146 Å². The Morgan fingerprint density at radius 3 is 2.36 bits per heavy atom. The van der Waals surface area contributed by atoms with Crippen LogP contribution >= 0.6 is 0 Å². The van der Waals surface area contributed by atoms with Gasteiger partial charge in [-0.15, -0.1) is 0 Å². The number of nitrogens with one attached hydrogen (secondary N) is 2. The van der Waals surface area contributed by atoms with Gasteiger partial charge in [-0.2, -0.15) is 0 Å². The van der Waals surface area contributed by atoms with Crippen LogP contribution in [0, 0.1) is 23.7 Å². The minimum Gasteiger partial charge on any atom is -0.481 e. The van der Waals surface area contributed by atoms with Gasteiger partial charge in [-0.25, -0.2) is 0 Å². The van der Waals surface area contributed by atoms with Crippen molar-refractivity contribution in [3.8, 4) is 0 Å². The van der Waals surface area contributed by atoms with Gasteiger partial charge in [-0.1, -0.05) is 25.1 Å². The van der Waals surface area contributed by atoms with Crippen molar-refractivity contribution in [2.45, 2.75) is 26.2 Å². The molecule has 1 saturated carbocycles. The van der Waals surface area contributed by atoms with Crippen LogP contribution in [0.4, 0.5) is 11.4 Å². The Morgan fingerprint density at radius 1 is 1.08 bits per heavy atom. The molecular weight excluding hydrogens is 320 g/mol. The zero-order valence-corrected chi connectivity index (χ0v) is 14.1. The highest BCUT2D eigenvalue weighted by Crippen LogP contribution is 2.48. The molecular formula is C19H22N2O4. The highest BCUT2D eigenvalue weighted by Gasteiger charge is 2.51. The first kappa shape index (κ1) is 17.2.